The van der Waals surface area contributed by atoms with E-state index < -0.39 is 35.9 Å². The number of carbonyl (C=O) groups excluding carboxylic acids is 4. The first-order valence-corrected chi connectivity index (χ1v) is 14.7. The van der Waals surface area contributed by atoms with Crippen LogP contribution in [-0.2, 0) is 43.2 Å². The Bertz CT molecular complexity index is 1440. The Hall–Kier alpha value is -5.19. The van der Waals surface area contributed by atoms with Crippen molar-refractivity contribution in [3.8, 4) is 0 Å². The second-order valence-corrected chi connectivity index (χ2v) is 11.1. The Morgan fingerprint density at radius 2 is 1.31 bits per heavy atom. The molecule has 0 aliphatic rings. The Balaban J connectivity index is 1.55. The van der Waals surface area contributed by atoms with E-state index in [4.69, 9.17) is 0 Å². The number of para-hydroxylation sites is 1. The van der Waals surface area contributed by atoms with Gasteiger partial charge in [-0.1, -0.05) is 68.4 Å². The number of rotatable bonds is 15. The summed E-state index contributed by atoms with van der Waals surface area (Å²) in [6.45, 7) is 3.81. The molecule has 0 saturated carbocycles. The molecule has 11 heteroatoms. The zero-order valence-corrected chi connectivity index (χ0v) is 25.7. The molecule has 0 aliphatic heterocycles. The lowest BCUT2D eigenvalue weighted by molar-refractivity contribution is -0.142. The predicted molar refractivity (Wildman–Crippen MR) is 171 cm³/mol. The van der Waals surface area contributed by atoms with Crippen LogP contribution in [0.15, 0.2) is 78.9 Å². The fourth-order valence-electron chi connectivity index (χ4n) is 4.55. The highest BCUT2D eigenvalue weighted by Gasteiger charge is 2.27. The fraction of sp³-hybridized carbons (Fsp3) is 0.324. The molecule has 0 aromatic heterocycles. The average molecular weight is 617 g/mol. The number of amides is 4. The third kappa shape index (κ3) is 12.1. The van der Waals surface area contributed by atoms with Crippen molar-refractivity contribution in [2.75, 3.05) is 17.7 Å². The summed E-state index contributed by atoms with van der Waals surface area (Å²) in [5, 5.41) is 20.6. The van der Waals surface area contributed by atoms with Crippen molar-refractivity contribution in [1.82, 2.24) is 10.6 Å². The lowest BCUT2D eigenvalue weighted by atomic mass is 10.00. The van der Waals surface area contributed by atoms with E-state index in [1.54, 1.807) is 48.5 Å². The number of aliphatic carboxylic acids is 1. The minimum atomic E-state index is -1.20. The summed E-state index contributed by atoms with van der Waals surface area (Å²) < 4.78 is 4.65. The third-order valence-electron chi connectivity index (χ3n) is 6.89. The summed E-state index contributed by atoms with van der Waals surface area (Å²) >= 11 is 0. The summed E-state index contributed by atoms with van der Waals surface area (Å²) in [6.07, 6.45) is 1.09. The molecule has 0 unspecified atom stereocenters. The van der Waals surface area contributed by atoms with Crippen molar-refractivity contribution in [1.29, 1.82) is 0 Å². The van der Waals surface area contributed by atoms with Crippen molar-refractivity contribution >= 4 is 41.2 Å². The van der Waals surface area contributed by atoms with Crippen molar-refractivity contribution in [2.45, 2.75) is 58.0 Å². The maximum Gasteiger partial charge on any atom is 0.326 e. The van der Waals surface area contributed by atoms with Gasteiger partial charge in [0.2, 0.25) is 11.8 Å². The molecule has 45 heavy (non-hydrogen) atoms. The molecule has 11 nitrogen and oxygen atoms in total. The number of benzene rings is 3. The second kappa shape index (κ2) is 17.2. The van der Waals surface area contributed by atoms with Crippen LogP contribution in [0.1, 0.15) is 43.4 Å². The molecule has 238 valence electrons. The Morgan fingerprint density at radius 3 is 1.89 bits per heavy atom. The van der Waals surface area contributed by atoms with Gasteiger partial charge in [-0.2, -0.15) is 0 Å². The zero-order chi connectivity index (χ0) is 32.8. The minimum absolute atomic E-state index is 0.0109. The van der Waals surface area contributed by atoms with E-state index >= 15 is 0 Å². The van der Waals surface area contributed by atoms with Crippen LogP contribution < -0.4 is 21.3 Å². The van der Waals surface area contributed by atoms with E-state index in [-0.39, 0.29) is 31.1 Å². The molecule has 4 amide bonds. The van der Waals surface area contributed by atoms with Gasteiger partial charge in [0, 0.05) is 24.2 Å². The zero-order valence-electron chi connectivity index (χ0n) is 25.7. The Kier molecular flexibility index (Phi) is 13.1. The molecule has 0 spiro atoms. The summed E-state index contributed by atoms with van der Waals surface area (Å²) in [5.41, 5.74) is 3.47. The van der Waals surface area contributed by atoms with Gasteiger partial charge in [-0.3, -0.25) is 14.4 Å². The first kappa shape index (κ1) is 34.3. The lowest BCUT2D eigenvalue weighted by Gasteiger charge is -2.23. The second-order valence-electron chi connectivity index (χ2n) is 11.1. The molecule has 0 saturated heterocycles. The molecule has 5 N–H and O–H groups in total. The molecule has 0 radical (unpaired) electrons. The van der Waals surface area contributed by atoms with Gasteiger partial charge in [0.05, 0.1) is 13.5 Å². The van der Waals surface area contributed by atoms with Gasteiger partial charge >= 0.3 is 18.0 Å². The van der Waals surface area contributed by atoms with Gasteiger partial charge in [-0.05, 0) is 59.7 Å². The number of anilines is 2. The van der Waals surface area contributed by atoms with Gasteiger partial charge in [0.25, 0.3) is 0 Å². The van der Waals surface area contributed by atoms with Crippen LogP contribution >= 0.6 is 0 Å². The molecule has 0 aliphatic carbocycles. The smallest absolute Gasteiger partial charge is 0.326 e. The highest BCUT2D eigenvalue weighted by Crippen LogP contribution is 2.14. The van der Waals surface area contributed by atoms with E-state index in [1.807, 2.05) is 44.2 Å². The first-order chi connectivity index (χ1) is 21.5. The van der Waals surface area contributed by atoms with Gasteiger partial charge in [0.15, 0.2) is 0 Å². The number of ether oxygens (including phenoxy) is 1. The van der Waals surface area contributed by atoms with Crippen LogP contribution in [0.25, 0.3) is 0 Å². The molecule has 0 bridgehead atoms. The van der Waals surface area contributed by atoms with Gasteiger partial charge in [0.1, 0.15) is 12.1 Å². The van der Waals surface area contributed by atoms with Crippen LogP contribution in [0.3, 0.4) is 0 Å². The molecular weight excluding hydrogens is 576 g/mol. The maximum absolute atomic E-state index is 13.2. The predicted octanol–water partition coefficient (Wildman–Crippen LogP) is 4.32. The average Bonchev–Trinajstić information content (AvgIpc) is 3.01. The summed E-state index contributed by atoms with van der Waals surface area (Å²) in [7, 11) is 1.33. The number of carboxylic acid groups (broad SMARTS) is 1. The first-order valence-electron chi connectivity index (χ1n) is 14.7. The van der Waals surface area contributed by atoms with Crippen LogP contribution in [0, 0.1) is 5.92 Å². The third-order valence-corrected chi connectivity index (χ3v) is 6.89. The van der Waals surface area contributed by atoms with Gasteiger partial charge < -0.3 is 31.1 Å². The topological polar surface area (TPSA) is 163 Å². The molecule has 2 atom stereocenters. The van der Waals surface area contributed by atoms with Crippen molar-refractivity contribution in [2.24, 2.45) is 5.92 Å². The number of carbonyl (C=O) groups is 5. The minimum Gasteiger partial charge on any atom is -0.480 e. The van der Waals surface area contributed by atoms with Crippen molar-refractivity contribution in [3.05, 3.63) is 95.6 Å². The number of carboxylic acids is 1. The molecule has 3 aromatic rings. The number of nitrogens with one attached hydrogen (secondary N) is 4. The lowest BCUT2D eigenvalue weighted by Crippen LogP contribution is -2.52. The normalized spacial score (nSPS) is 12.0. The van der Waals surface area contributed by atoms with E-state index in [2.05, 4.69) is 26.0 Å². The summed E-state index contributed by atoms with van der Waals surface area (Å²) in [6, 6.07) is 20.4. The van der Waals surface area contributed by atoms with Crippen LogP contribution in [0.5, 0.6) is 0 Å². The summed E-state index contributed by atoms with van der Waals surface area (Å²) in [5.74, 6) is -2.43. The molecule has 0 fully saturated rings. The molecule has 0 heterocycles. The Morgan fingerprint density at radius 1 is 0.733 bits per heavy atom. The number of urea groups is 1. The number of methoxy groups -OCH3 is 1. The van der Waals surface area contributed by atoms with E-state index in [0.717, 1.165) is 5.56 Å². The highest BCUT2D eigenvalue weighted by molar-refractivity contribution is 5.99. The van der Waals surface area contributed by atoms with Crippen LogP contribution in [0.4, 0.5) is 16.2 Å². The van der Waals surface area contributed by atoms with Crippen molar-refractivity contribution < 1.29 is 33.8 Å². The largest absolute Gasteiger partial charge is 0.480 e. The number of hydrogen-bond acceptors (Lipinski definition) is 6. The molecule has 3 aromatic carbocycles. The fourth-order valence-corrected chi connectivity index (χ4v) is 4.55. The summed E-state index contributed by atoms with van der Waals surface area (Å²) in [4.78, 5) is 61.8. The standard InChI is InChI=1S/C34H40N4O7/c1-22(2)19-28(32(41)38-29(33(42)43)20-24-11-9-23(10-12-24)15-18-31(40)45-3)37-30(39)21-25-13-16-27(17-14-25)36-34(44)35-26-7-5-4-6-8-26/h4-14,16-17,22,28-29H,15,18-21H2,1-3H3,(H,37,39)(H,38,41)(H,42,43)(H2,35,36,44)/t28-,29-/m0/s1. The van der Waals surface area contributed by atoms with E-state index in [1.165, 1.54) is 7.11 Å². The van der Waals surface area contributed by atoms with Crippen LogP contribution in [0.2, 0.25) is 0 Å². The maximum atomic E-state index is 13.2. The van der Waals surface area contributed by atoms with Gasteiger partial charge in [-0.15, -0.1) is 0 Å². The Labute approximate surface area is 262 Å². The SMILES string of the molecule is COC(=O)CCc1ccc(C[C@H](NC(=O)[C@H](CC(C)C)NC(=O)Cc2ccc(NC(=O)Nc3ccccc3)cc2)C(=O)O)cc1. The van der Waals surface area contributed by atoms with Gasteiger partial charge in [-0.25, -0.2) is 9.59 Å². The van der Waals surface area contributed by atoms with E-state index in [9.17, 15) is 29.1 Å². The monoisotopic (exact) mass is 616 g/mol. The van der Waals surface area contributed by atoms with Crippen molar-refractivity contribution in [3.63, 3.8) is 0 Å². The quantitative estimate of drug-likeness (QED) is 0.159. The highest BCUT2D eigenvalue weighted by atomic mass is 16.5. The number of hydrogen-bond donors (Lipinski definition) is 5. The molecule has 3 rings (SSSR count). The van der Waals surface area contributed by atoms with E-state index in [0.29, 0.717) is 35.3 Å². The number of aryl methyl sites for hydroxylation is 1. The molecular formula is C34H40N4O7. The number of esters is 1. The van der Waals surface area contributed by atoms with Crippen LogP contribution in [-0.4, -0.2) is 54.1 Å².